The Labute approximate surface area is 113 Å². The van der Waals surface area contributed by atoms with Crippen LogP contribution >= 0.6 is 0 Å². The van der Waals surface area contributed by atoms with Gasteiger partial charge in [-0.25, -0.2) is 4.98 Å². The van der Waals surface area contributed by atoms with Gasteiger partial charge >= 0.3 is 0 Å². The molecule has 1 aromatic heterocycles. The fraction of sp³-hybridized carbons (Fsp3) is 0.467. The zero-order valence-corrected chi connectivity index (χ0v) is 12.1. The van der Waals surface area contributed by atoms with E-state index in [2.05, 4.69) is 30.7 Å². The number of nitrogens with zero attached hydrogens (tertiary/aromatic N) is 2. The van der Waals surface area contributed by atoms with E-state index in [9.17, 15) is 4.79 Å². The summed E-state index contributed by atoms with van der Waals surface area (Å²) in [4.78, 5) is 16.9. The van der Waals surface area contributed by atoms with Gasteiger partial charge in [-0.2, -0.15) is 0 Å². The lowest BCUT2D eigenvalue weighted by molar-refractivity contribution is 0.638. The maximum Gasteiger partial charge on any atom is 0.259 e. The predicted molar refractivity (Wildman–Crippen MR) is 77.7 cm³/mol. The van der Waals surface area contributed by atoms with Crippen molar-refractivity contribution in [1.82, 2.24) is 14.9 Å². The molecule has 0 spiro atoms. The van der Waals surface area contributed by atoms with Gasteiger partial charge in [-0.3, -0.25) is 9.36 Å². The molecule has 1 aliphatic heterocycles. The average Bonchev–Trinajstić information content (AvgIpc) is 2.69. The second kappa shape index (κ2) is 5.03. The van der Waals surface area contributed by atoms with E-state index in [1.165, 1.54) is 5.57 Å². The van der Waals surface area contributed by atoms with E-state index < -0.39 is 0 Å². The summed E-state index contributed by atoms with van der Waals surface area (Å²) in [5.41, 5.74) is 3.69. The Balaban J connectivity index is 2.27. The lowest BCUT2D eigenvalue weighted by Crippen LogP contribution is -2.30. The normalized spacial score (nSPS) is 13.4. The highest BCUT2D eigenvalue weighted by atomic mass is 16.1. The third-order valence-corrected chi connectivity index (χ3v) is 3.47. The first-order valence-electron chi connectivity index (χ1n) is 6.60. The van der Waals surface area contributed by atoms with Gasteiger partial charge in [0.1, 0.15) is 5.82 Å². The summed E-state index contributed by atoms with van der Waals surface area (Å²) in [7, 11) is 0. The molecule has 2 heterocycles. The van der Waals surface area contributed by atoms with Gasteiger partial charge in [0.15, 0.2) is 0 Å². The first kappa shape index (κ1) is 13.6. The molecule has 2 rings (SSSR count). The second-order valence-electron chi connectivity index (χ2n) is 5.45. The molecule has 0 aromatic carbocycles. The van der Waals surface area contributed by atoms with E-state index in [0.29, 0.717) is 19.0 Å². The molecule has 4 heteroatoms. The fourth-order valence-corrected chi connectivity index (χ4v) is 2.11. The van der Waals surface area contributed by atoms with Crippen LogP contribution in [0.3, 0.4) is 0 Å². The largest absolute Gasteiger partial charge is 0.384 e. The van der Waals surface area contributed by atoms with Crippen LogP contribution in [0.5, 0.6) is 0 Å². The van der Waals surface area contributed by atoms with Crippen molar-refractivity contribution in [3.8, 4) is 0 Å². The van der Waals surface area contributed by atoms with Gasteiger partial charge in [-0.05, 0) is 31.4 Å². The van der Waals surface area contributed by atoms with E-state index >= 15 is 0 Å². The number of hydrogen-bond donors (Lipinski definition) is 1. The molecule has 0 saturated carbocycles. The minimum atomic E-state index is 0.0552. The SMILES string of the molecule is C=C(NCc1c(C)nc2n(c1=O)CC(C)=C2)C(C)C. The fourth-order valence-electron chi connectivity index (χ4n) is 2.11. The van der Waals surface area contributed by atoms with Crippen molar-refractivity contribution >= 4 is 6.08 Å². The highest BCUT2D eigenvalue weighted by Crippen LogP contribution is 2.15. The molecule has 4 nitrogen and oxygen atoms in total. The average molecular weight is 259 g/mol. The van der Waals surface area contributed by atoms with Crippen molar-refractivity contribution in [2.75, 3.05) is 0 Å². The first-order chi connectivity index (χ1) is 8.90. The van der Waals surface area contributed by atoms with Crippen LogP contribution in [0, 0.1) is 12.8 Å². The molecule has 0 unspecified atom stereocenters. The predicted octanol–water partition coefficient (Wildman–Crippen LogP) is 2.23. The standard InChI is InChI=1S/C15H21N3O/c1-9(2)11(4)16-7-13-12(5)17-14-6-10(3)8-18(14)15(13)19/h6,9,16H,4,7-8H2,1-3,5H3. The third-order valence-electron chi connectivity index (χ3n) is 3.47. The Morgan fingerprint density at radius 1 is 1.53 bits per heavy atom. The Morgan fingerprint density at radius 2 is 2.21 bits per heavy atom. The molecule has 0 fully saturated rings. The van der Waals surface area contributed by atoms with Crippen LogP contribution in [0.15, 0.2) is 22.6 Å². The lowest BCUT2D eigenvalue weighted by Gasteiger charge is -2.14. The molecule has 0 amide bonds. The molecule has 1 N–H and O–H groups in total. The quantitative estimate of drug-likeness (QED) is 0.902. The van der Waals surface area contributed by atoms with Crippen LogP contribution < -0.4 is 10.9 Å². The molecule has 102 valence electrons. The number of hydrogen-bond acceptors (Lipinski definition) is 3. The van der Waals surface area contributed by atoms with Crippen LogP contribution in [-0.2, 0) is 13.1 Å². The number of aromatic nitrogens is 2. The topological polar surface area (TPSA) is 46.9 Å². The number of nitrogens with one attached hydrogen (secondary N) is 1. The number of rotatable bonds is 4. The summed E-state index contributed by atoms with van der Waals surface area (Å²) >= 11 is 0. The van der Waals surface area contributed by atoms with Gasteiger partial charge < -0.3 is 5.32 Å². The van der Waals surface area contributed by atoms with E-state index in [1.54, 1.807) is 4.57 Å². The molecule has 0 atom stereocenters. The van der Waals surface area contributed by atoms with Crippen LogP contribution in [-0.4, -0.2) is 9.55 Å². The molecular formula is C15H21N3O. The molecular weight excluding hydrogens is 238 g/mol. The van der Waals surface area contributed by atoms with Gasteiger partial charge in [0.2, 0.25) is 0 Å². The molecule has 0 aliphatic carbocycles. The smallest absolute Gasteiger partial charge is 0.259 e. The van der Waals surface area contributed by atoms with E-state index in [4.69, 9.17) is 0 Å². The van der Waals surface area contributed by atoms with Gasteiger partial charge in [-0.15, -0.1) is 0 Å². The van der Waals surface area contributed by atoms with Crippen molar-refractivity contribution in [2.45, 2.75) is 40.8 Å². The van der Waals surface area contributed by atoms with Crippen LogP contribution in [0.1, 0.15) is 37.9 Å². The Bertz CT molecular complexity index is 609. The lowest BCUT2D eigenvalue weighted by atomic mass is 10.1. The molecule has 1 aliphatic rings. The van der Waals surface area contributed by atoms with Crippen molar-refractivity contribution in [3.63, 3.8) is 0 Å². The van der Waals surface area contributed by atoms with E-state index in [0.717, 1.165) is 22.8 Å². The van der Waals surface area contributed by atoms with Crippen LogP contribution in [0.25, 0.3) is 6.08 Å². The Kier molecular flexibility index (Phi) is 3.60. The molecule has 1 aromatic rings. The van der Waals surface area contributed by atoms with Gasteiger partial charge in [0.25, 0.3) is 5.56 Å². The minimum Gasteiger partial charge on any atom is -0.384 e. The molecule has 19 heavy (non-hydrogen) atoms. The summed E-state index contributed by atoms with van der Waals surface area (Å²) in [5, 5.41) is 3.22. The number of allylic oxidation sites excluding steroid dienone is 2. The van der Waals surface area contributed by atoms with E-state index in [-0.39, 0.29) is 5.56 Å². The number of aryl methyl sites for hydroxylation is 1. The molecule has 0 bridgehead atoms. The monoisotopic (exact) mass is 259 g/mol. The van der Waals surface area contributed by atoms with Gasteiger partial charge in [0.05, 0.1) is 11.3 Å². The van der Waals surface area contributed by atoms with Crippen molar-refractivity contribution < 1.29 is 0 Å². The molecule has 0 radical (unpaired) electrons. The molecule has 0 saturated heterocycles. The second-order valence-corrected chi connectivity index (χ2v) is 5.45. The van der Waals surface area contributed by atoms with Crippen LogP contribution in [0.2, 0.25) is 0 Å². The van der Waals surface area contributed by atoms with Crippen molar-refractivity contribution in [3.05, 3.63) is 45.3 Å². The highest BCUT2D eigenvalue weighted by molar-refractivity contribution is 5.50. The highest BCUT2D eigenvalue weighted by Gasteiger charge is 2.17. The zero-order chi connectivity index (χ0) is 14.2. The van der Waals surface area contributed by atoms with Crippen molar-refractivity contribution in [2.24, 2.45) is 5.92 Å². The van der Waals surface area contributed by atoms with Gasteiger partial charge in [-0.1, -0.05) is 20.4 Å². The Morgan fingerprint density at radius 3 is 2.84 bits per heavy atom. The Hall–Kier alpha value is -1.84. The summed E-state index contributed by atoms with van der Waals surface area (Å²) in [5.74, 6) is 1.13. The summed E-state index contributed by atoms with van der Waals surface area (Å²) in [6.07, 6.45) is 1.97. The summed E-state index contributed by atoms with van der Waals surface area (Å²) < 4.78 is 1.73. The van der Waals surface area contributed by atoms with E-state index in [1.807, 2.05) is 19.9 Å². The summed E-state index contributed by atoms with van der Waals surface area (Å²) in [6, 6.07) is 0. The number of fused-ring (bicyclic) bond motifs is 1. The minimum absolute atomic E-state index is 0.0552. The third kappa shape index (κ3) is 2.62. The summed E-state index contributed by atoms with van der Waals surface area (Å²) in [6.45, 7) is 13.2. The maximum absolute atomic E-state index is 12.4. The zero-order valence-electron chi connectivity index (χ0n) is 12.1. The maximum atomic E-state index is 12.4. The van der Waals surface area contributed by atoms with Gasteiger partial charge in [0, 0.05) is 18.8 Å². The van der Waals surface area contributed by atoms with Crippen LogP contribution in [0.4, 0.5) is 0 Å². The van der Waals surface area contributed by atoms with Crippen molar-refractivity contribution in [1.29, 1.82) is 0 Å². The first-order valence-corrected chi connectivity index (χ1v) is 6.60.